The highest BCUT2D eigenvalue weighted by Crippen LogP contribution is 2.38. The van der Waals surface area contributed by atoms with Gasteiger partial charge >= 0.3 is 5.97 Å². The molecule has 3 heteroatoms. The van der Waals surface area contributed by atoms with Crippen LogP contribution in [-0.2, 0) is 9.08 Å². The van der Waals surface area contributed by atoms with Gasteiger partial charge in [-0.2, -0.15) is 0 Å². The quantitative estimate of drug-likeness (QED) is 0.411. The van der Waals surface area contributed by atoms with E-state index in [2.05, 4.69) is 25.1 Å². The molecule has 0 radical (unpaired) electrons. The average Bonchev–Trinajstić information content (AvgIpc) is 2.45. The van der Waals surface area contributed by atoms with Crippen molar-refractivity contribution in [3.8, 4) is 0 Å². The molecule has 0 aromatic heterocycles. The van der Waals surface area contributed by atoms with Crippen molar-refractivity contribution in [3.63, 3.8) is 0 Å². The summed E-state index contributed by atoms with van der Waals surface area (Å²) in [5, 5.41) is 0. The van der Waals surface area contributed by atoms with E-state index in [9.17, 15) is 4.79 Å². The van der Waals surface area contributed by atoms with Gasteiger partial charge in [0.1, 0.15) is 11.9 Å². The van der Waals surface area contributed by atoms with Gasteiger partial charge in [0.25, 0.3) is 0 Å². The van der Waals surface area contributed by atoms with E-state index in [1.165, 1.54) is 19.3 Å². The van der Waals surface area contributed by atoms with Gasteiger partial charge in [0.05, 0.1) is 5.41 Å². The molecule has 0 N–H and O–H groups in total. The fraction of sp³-hybridized carbons (Fsp3) is 0.938. The SMILES string of the molecule is CCCCCCC(CCCC)(CCCC)C(=O)OCl. The molecule has 0 spiro atoms. The third-order valence-corrected chi connectivity index (χ3v) is 4.17. The summed E-state index contributed by atoms with van der Waals surface area (Å²) in [6, 6.07) is 0. The fourth-order valence-electron chi connectivity index (χ4n) is 2.68. The van der Waals surface area contributed by atoms with E-state index in [4.69, 9.17) is 11.9 Å². The van der Waals surface area contributed by atoms with Crippen LogP contribution < -0.4 is 0 Å². The van der Waals surface area contributed by atoms with Crippen LogP contribution in [0.3, 0.4) is 0 Å². The Kier molecular flexibility index (Phi) is 11.4. The van der Waals surface area contributed by atoms with Crippen LogP contribution in [0.1, 0.15) is 91.4 Å². The van der Waals surface area contributed by atoms with Gasteiger partial charge in [-0.25, -0.2) is 4.79 Å². The maximum absolute atomic E-state index is 12.2. The monoisotopic (exact) mass is 290 g/mol. The first-order chi connectivity index (χ1) is 9.16. The smallest absolute Gasteiger partial charge is 0.330 e. The molecule has 0 aromatic rings. The van der Waals surface area contributed by atoms with Gasteiger partial charge in [-0.3, -0.25) is 0 Å². The highest BCUT2D eigenvalue weighted by Gasteiger charge is 2.38. The van der Waals surface area contributed by atoms with Crippen molar-refractivity contribution in [3.05, 3.63) is 0 Å². The van der Waals surface area contributed by atoms with Crippen LogP contribution in [0.25, 0.3) is 0 Å². The summed E-state index contributed by atoms with van der Waals surface area (Å²) in [6.45, 7) is 6.52. The number of halogens is 1. The van der Waals surface area contributed by atoms with E-state index < -0.39 is 0 Å². The predicted molar refractivity (Wildman–Crippen MR) is 82.2 cm³/mol. The Balaban J connectivity index is 4.63. The number of unbranched alkanes of at least 4 members (excludes halogenated alkanes) is 5. The number of carbonyl (C=O) groups excluding carboxylic acids is 1. The predicted octanol–water partition coefficient (Wildman–Crippen LogP) is 6.02. The Labute approximate surface area is 124 Å². The zero-order valence-corrected chi connectivity index (χ0v) is 13.7. The third-order valence-electron chi connectivity index (χ3n) is 4.03. The number of hydrogen-bond acceptors (Lipinski definition) is 2. The van der Waals surface area contributed by atoms with Crippen LogP contribution in [0.4, 0.5) is 0 Å². The number of carbonyl (C=O) groups is 1. The molecule has 0 amide bonds. The molecule has 2 nitrogen and oxygen atoms in total. The minimum absolute atomic E-state index is 0.201. The highest BCUT2D eigenvalue weighted by molar-refractivity contribution is 6.13. The molecule has 0 rings (SSSR count). The van der Waals surface area contributed by atoms with Gasteiger partial charge in [-0.1, -0.05) is 72.1 Å². The molecule has 114 valence electrons. The summed E-state index contributed by atoms with van der Waals surface area (Å²) in [7, 11) is 0. The molecule has 0 saturated carbocycles. The van der Waals surface area contributed by atoms with Gasteiger partial charge in [-0.15, -0.1) is 0 Å². The summed E-state index contributed by atoms with van der Waals surface area (Å²) >= 11 is 5.38. The van der Waals surface area contributed by atoms with Crippen molar-refractivity contribution in [2.75, 3.05) is 0 Å². The summed E-state index contributed by atoms with van der Waals surface area (Å²) in [6.07, 6.45) is 11.9. The molecule has 19 heavy (non-hydrogen) atoms. The largest absolute Gasteiger partial charge is 0.347 e. The molecular formula is C16H31ClO2. The van der Waals surface area contributed by atoms with Gasteiger partial charge in [0, 0.05) is 0 Å². The Bertz CT molecular complexity index is 221. The Morgan fingerprint density at radius 3 is 1.74 bits per heavy atom. The second kappa shape index (κ2) is 11.6. The molecule has 0 unspecified atom stereocenters. The van der Waals surface area contributed by atoms with Crippen molar-refractivity contribution in [1.29, 1.82) is 0 Å². The molecule has 0 aromatic carbocycles. The van der Waals surface area contributed by atoms with Crippen molar-refractivity contribution >= 4 is 17.8 Å². The van der Waals surface area contributed by atoms with Gasteiger partial charge in [0.2, 0.25) is 0 Å². The summed E-state index contributed by atoms with van der Waals surface area (Å²) in [5.74, 6) is -0.201. The van der Waals surface area contributed by atoms with E-state index in [0.29, 0.717) is 0 Å². The highest BCUT2D eigenvalue weighted by atomic mass is 35.5. The molecule has 0 aliphatic rings. The lowest BCUT2D eigenvalue weighted by molar-refractivity contribution is -0.147. The maximum atomic E-state index is 12.2. The topological polar surface area (TPSA) is 26.3 Å². The van der Waals surface area contributed by atoms with E-state index >= 15 is 0 Å². The number of rotatable bonds is 12. The zero-order valence-electron chi connectivity index (χ0n) is 13.0. The van der Waals surface area contributed by atoms with Crippen LogP contribution in [0.5, 0.6) is 0 Å². The molecule has 0 aliphatic carbocycles. The second-order valence-corrected chi connectivity index (χ2v) is 5.82. The fourth-order valence-corrected chi connectivity index (χ4v) is 2.85. The first-order valence-corrected chi connectivity index (χ1v) is 8.30. The summed E-state index contributed by atoms with van der Waals surface area (Å²) in [5.41, 5.74) is -0.332. The second-order valence-electron chi connectivity index (χ2n) is 5.66. The molecular weight excluding hydrogens is 260 g/mol. The van der Waals surface area contributed by atoms with E-state index in [1.807, 2.05) is 0 Å². The van der Waals surface area contributed by atoms with Crippen LogP contribution in [-0.4, -0.2) is 5.97 Å². The molecule has 0 atom stereocenters. The van der Waals surface area contributed by atoms with Crippen molar-refractivity contribution in [2.24, 2.45) is 5.41 Å². The lowest BCUT2D eigenvalue weighted by Gasteiger charge is -2.30. The van der Waals surface area contributed by atoms with Crippen molar-refractivity contribution in [1.82, 2.24) is 0 Å². The van der Waals surface area contributed by atoms with E-state index in [1.54, 1.807) is 0 Å². The lowest BCUT2D eigenvalue weighted by Crippen LogP contribution is -2.31. The van der Waals surface area contributed by atoms with Crippen LogP contribution in [0.15, 0.2) is 0 Å². The molecule has 0 bridgehead atoms. The Morgan fingerprint density at radius 2 is 1.32 bits per heavy atom. The summed E-state index contributed by atoms with van der Waals surface area (Å²) in [4.78, 5) is 12.2. The zero-order chi connectivity index (χ0) is 14.6. The minimum atomic E-state index is -0.332. The lowest BCUT2D eigenvalue weighted by atomic mass is 9.74. The van der Waals surface area contributed by atoms with Gasteiger partial charge < -0.3 is 4.29 Å². The first kappa shape index (κ1) is 18.8. The maximum Gasteiger partial charge on any atom is 0.330 e. The molecule has 0 aliphatic heterocycles. The normalized spacial score (nSPS) is 11.6. The van der Waals surface area contributed by atoms with E-state index in [-0.39, 0.29) is 11.4 Å². The number of hydrogen-bond donors (Lipinski definition) is 0. The Hall–Kier alpha value is -0.240. The molecule has 0 saturated heterocycles. The standard InChI is InChI=1S/C16H31ClO2/c1-4-7-10-11-14-16(12-8-5-2,13-9-6-3)15(18)19-17/h4-14H2,1-3H3. The van der Waals surface area contributed by atoms with Crippen LogP contribution in [0, 0.1) is 5.41 Å². The summed E-state index contributed by atoms with van der Waals surface area (Å²) < 4.78 is 4.60. The van der Waals surface area contributed by atoms with Crippen LogP contribution >= 0.6 is 11.9 Å². The third kappa shape index (κ3) is 7.20. The van der Waals surface area contributed by atoms with Crippen molar-refractivity contribution < 1.29 is 9.08 Å². The van der Waals surface area contributed by atoms with Crippen LogP contribution in [0.2, 0.25) is 0 Å². The van der Waals surface area contributed by atoms with Gasteiger partial charge in [0.15, 0.2) is 0 Å². The minimum Gasteiger partial charge on any atom is -0.347 e. The van der Waals surface area contributed by atoms with E-state index in [0.717, 1.165) is 51.4 Å². The van der Waals surface area contributed by atoms with Gasteiger partial charge in [-0.05, 0) is 19.3 Å². The molecule has 0 fully saturated rings. The molecule has 0 heterocycles. The Morgan fingerprint density at radius 1 is 0.842 bits per heavy atom. The average molecular weight is 291 g/mol. The van der Waals surface area contributed by atoms with Crippen molar-refractivity contribution in [2.45, 2.75) is 91.4 Å². The first-order valence-electron chi connectivity index (χ1n) is 7.99.